The fraction of sp³-hybridized carbons (Fsp3) is 0.412. The molecule has 0 amide bonds. The lowest BCUT2D eigenvalue weighted by molar-refractivity contribution is -0.139. The molecule has 0 aromatic heterocycles. The molecule has 4 N–H and O–H groups in total. The van der Waals surface area contributed by atoms with Crippen molar-refractivity contribution in [2.24, 2.45) is 9.98 Å². The van der Waals surface area contributed by atoms with Crippen molar-refractivity contribution >= 4 is 35.5 Å². The van der Waals surface area contributed by atoms with Gasteiger partial charge in [-0.15, -0.1) is 0 Å². The van der Waals surface area contributed by atoms with Crippen molar-refractivity contribution < 1.29 is 39.6 Å². The number of isocyanates is 2. The van der Waals surface area contributed by atoms with Crippen molar-refractivity contribution in [2.45, 2.75) is 32.6 Å². The van der Waals surface area contributed by atoms with Gasteiger partial charge in [-0.1, -0.05) is 6.07 Å². The van der Waals surface area contributed by atoms with Crippen molar-refractivity contribution in [1.82, 2.24) is 0 Å². The fourth-order valence-electron chi connectivity index (χ4n) is 1.50. The molecule has 1 aromatic carbocycles. The zero-order valence-corrected chi connectivity index (χ0v) is 14.8. The van der Waals surface area contributed by atoms with E-state index in [9.17, 15) is 19.2 Å². The number of hydrogen-bond acceptors (Lipinski definition) is 8. The molecule has 0 aliphatic carbocycles. The average molecular weight is 382 g/mol. The number of aliphatic carboxylic acids is 2. The van der Waals surface area contributed by atoms with Gasteiger partial charge in [0.1, 0.15) is 0 Å². The third kappa shape index (κ3) is 16.1. The summed E-state index contributed by atoms with van der Waals surface area (Å²) in [4.78, 5) is 46.7. The summed E-state index contributed by atoms with van der Waals surface area (Å²) in [6.45, 7) is 1.46. The Balaban J connectivity index is 0. The fourth-order valence-corrected chi connectivity index (χ4v) is 1.50. The van der Waals surface area contributed by atoms with Crippen molar-refractivity contribution in [3.05, 3.63) is 23.8 Å². The van der Waals surface area contributed by atoms with Crippen LogP contribution >= 0.6 is 0 Å². The van der Waals surface area contributed by atoms with E-state index in [4.69, 9.17) is 20.4 Å². The predicted octanol–water partition coefficient (Wildman–Crippen LogP) is 1.62. The zero-order valence-electron chi connectivity index (χ0n) is 14.8. The van der Waals surface area contributed by atoms with Gasteiger partial charge in [0.25, 0.3) is 0 Å². The molecule has 0 aliphatic rings. The van der Waals surface area contributed by atoms with Crippen LogP contribution in [0.2, 0.25) is 0 Å². The second-order valence-electron chi connectivity index (χ2n) is 4.77. The maximum atomic E-state index is 10.00. The largest absolute Gasteiger partial charge is 0.481 e. The van der Waals surface area contributed by atoms with Crippen LogP contribution in [0, 0.1) is 6.92 Å². The number of aliphatic hydroxyl groups excluding tert-OH is 2. The molecule has 0 fully saturated rings. The van der Waals surface area contributed by atoms with Crippen LogP contribution in [0.3, 0.4) is 0 Å². The number of unbranched alkanes of at least 4 members (excludes halogenated alkanes) is 1. The molecule has 0 aliphatic heterocycles. The summed E-state index contributed by atoms with van der Waals surface area (Å²) >= 11 is 0. The first kappa shape index (κ1) is 26.1. The van der Waals surface area contributed by atoms with E-state index in [1.807, 2.05) is 0 Å². The van der Waals surface area contributed by atoms with Crippen molar-refractivity contribution in [2.75, 3.05) is 13.2 Å². The number of benzene rings is 1. The lowest BCUT2D eigenvalue weighted by Crippen LogP contribution is -1.97. The second-order valence-corrected chi connectivity index (χ2v) is 4.77. The number of aliphatic imine (C=N–C) groups is 2. The number of rotatable bonds is 8. The SMILES string of the molecule is Cc1c(N=C=O)cccc1N=C=O.O=C(O)CCCCC(=O)O.OCCO. The van der Waals surface area contributed by atoms with Crippen LogP contribution in [-0.2, 0) is 19.2 Å². The van der Waals surface area contributed by atoms with Gasteiger partial charge in [0.2, 0.25) is 12.2 Å². The average Bonchev–Trinajstić information content (AvgIpc) is 2.63. The molecular formula is C17H22N2O8. The molecule has 0 unspecified atom stereocenters. The van der Waals surface area contributed by atoms with E-state index >= 15 is 0 Å². The molecule has 0 spiro atoms. The number of hydrogen-bond donors (Lipinski definition) is 4. The van der Waals surface area contributed by atoms with Crippen molar-refractivity contribution in [1.29, 1.82) is 0 Å². The predicted molar refractivity (Wildman–Crippen MR) is 94.7 cm³/mol. The van der Waals surface area contributed by atoms with Crippen LogP contribution in [-0.4, -0.2) is 57.7 Å². The van der Waals surface area contributed by atoms with E-state index < -0.39 is 11.9 Å². The summed E-state index contributed by atoms with van der Waals surface area (Å²) in [5, 5.41) is 31.5. The van der Waals surface area contributed by atoms with E-state index in [0.29, 0.717) is 29.8 Å². The highest BCUT2D eigenvalue weighted by molar-refractivity contribution is 5.68. The molecule has 1 aromatic rings. The quantitative estimate of drug-likeness (QED) is 0.298. The normalized spacial score (nSPS) is 8.56. The first-order valence-corrected chi connectivity index (χ1v) is 7.74. The highest BCUT2D eigenvalue weighted by Crippen LogP contribution is 2.26. The molecule has 0 heterocycles. The van der Waals surface area contributed by atoms with Crippen LogP contribution in [0.4, 0.5) is 11.4 Å². The van der Waals surface area contributed by atoms with Gasteiger partial charge < -0.3 is 20.4 Å². The number of aliphatic hydroxyl groups is 2. The Bertz CT molecular complexity index is 623. The topological polar surface area (TPSA) is 174 Å². The molecule has 10 heteroatoms. The first-order valence-electron chi connectivity index (χ1n) is 7.74. The molecule has 0 radical (unpaired) electrons. The van der Waals surface area contributed by atoms with Gasteiger partial charge in [0, 0.05) is 18.4 Å². The minimum Gasteiger partial charge on any atom is -0.481 e. The van der Waals surface area contributed by atoms with Gasteiger partial charge in [-0.05, 0) is 31.9 Å². The third-order valence-corrected chi connectivity index (χ3v) is 2.74. The summed E-state index contributed by atoms with van der Waals surface area (Å²) in [6.07, 6.45) is 3.88. The van der Waals surface area contributed by atoms with Crippen molar-refractivity contribution in [3.63, 3.8) is 0 Å². The standard InChI is InChI=1S/C9H6N2O2.C6H10O4.C2H6O2/c1-7-8(10-5-12)3-2-4-9(7)11-6-13;7-5(8)3-1-2-4-6(9)10;3-1-2-4/h2-4H,1H3;1-4H2,(H,7,8)(H,9,10);3-4H,1-2H2. The van der Waals surface area contributed by atoms with Crippen LogP contribution < -0.4 is 0 Å². The Kier molecular flexibility index (Phi) is 17.1. The van der Waals surface area contributed by atoms with Gasteiger partial charge in [-0.2, -0.15) is 9.98 Å². The molecule has 0 saturated carbocycles. The number of carbonyl (C=O) groups is 2. The molecule has 0 saturated heterocycles. The van der Waals surface area contributed by atoms with Gasteiger partial charge in [0.05, 0.1) is 24.6 Å². The van der Waals surface area contributed by atoms with Gasteiger partial charge in [-0.3, -0.25) is 9.59 Å². The molecule has 10 nitrogen and oxygen atoms in total. The number of carboxylic acid groups (broad SMARTS) is 2. The highest BCUT2D eigenvalue weighted by atomic mass is 16.4. The minimum absolute atomic E-state index is 0.0628. The Hall–Kier alpha value is -3.16. The lowest BCUT2D eigenvalue weighted by Gasteiger charge is -1.99. The summed E-state index contributed by atoms with van der Waals surface area (Å²) < 4.78 is 0. The summed E-state index contributed by atoms with van der Waals surface area (Å²) in [6, 6.07) is 4.94. The number of carboxylic acids is 2. The van der Waals surface area contributed by atoms with E-state index in [-0.39, 0.29) is 26.1 Å². The smallest absolute Gasteiger partial charge is 0.303 e. The maximum absolute atomic E-state index is 10.00. The van der Waals surface area contributed by atoms with Crippen LogP contribution in [0.5, 0.6) is 0 Å². The van der Waals surface area contributed by atoms with Gasteiger partial charge >= 0.3 is 11.9 Å². The summed E-state index contributed by atoms with van der Waals surface area (Å²) in [5.74, 6) is -1.74. The first-order chi connectivity index (χ1) is 12.8. The Labute approximate surface area is 155 Å². The van der Waals surface area contributed by atoms with E-state index in [2.05, 4.69) is 9.98 Å². The third-order valence-electron chi connectivity index (χ3n) is 2.74. The maximum Gasteiger partial charge on any atom is 0.303 e. The van der Waals surface area contributed by atoms with Crippen LogP contribution in [0.25, 0.3) is 0 Å². The van der Waals surface area contributed by atoms with E-state index in [1.165, 1.54) is 12.2 Å². The van der Waals surface area contributed by atoms with Gasteiger partial charge in [-0.25, -0.2) is 9.59 Å². The molecule has 148 valence electrons. The lowest BCUT2D eigenvalue weighted by atomic mass is 10.1. The van der Waals surface area contributed by atoms with Crippen LogP contribution in [0.15, 0.2) is 28.2 Å². The summed E-state index contributed by atoms with van der Waals surface area (Å²) in [7, 11) is 0. The Morgan fingerprint density at radius 3 is 1.52 bits per heavy atom. The second kappa shape index (κ2) is 17.7. The number of carbonyl (C=O) groups excluding carboxylic acids is 2. The molecule has 0 atom stereocenters. The minimum atomic E-state index is -0.870. The van der Waals surface area contributed by atoms with E-state index in [0.717, 1.165) is 0 Å². The molecular weight excluding hydrogens is 360 g/mol. The van der Waals surface area contributed by atoms with Crippen molar-refractivity contribution in [3.8, 4) is 0 Å². The van der Waals surface area contributed by atoms with Gasteiger partial charge in [0.15, 0.2) is 0 Å². The Morgan fingerprint density at radius 2 is 1.26 bits per heavy atom. The summed E-state index contributed by atoms with van der Waals surface area (Å²) in [5.41, 5.74) is 1.59. The molecule has 1 rings (SSSR count). The molecule has 27 heavy (non-hydrogen) atoms. The number of nitrogens with zero attached hydrogens (tertiary/aromatic N) is 2. The highest BCUT2D eigenvalue weighted by Gasteiger charge is 2.01. The monoisotopic (exact) mass is 382 g/mol. The Morgan fingerprint density at radius 1 is 0.889 bits per heavy atom. The molecule has 0 bridgehead atoms. The zero-order chi connectivity index (χ0) is 21.1. The van der Waals surface area contributed by atoms with E-state index in [1.54, 1.807) is 25.1 Å². The van der Waals surface area contributed by atoms with Crippen LogP contribution in [0.1, 0.15) is 31.2 Å².